The van der Waals surface area contributed by atoms with Gasteiger partial charge in [0.2, 0.25) is 5.95 Å². The third kappa shape index (κ3) is 1.77. The molecule has 0 aliphatic carbocycles. The summed E-state index contributed by atoms with van der Waals surface area (Å²) in [5, 5.41) is 0. The Morgan fingerprint density at radius 3 is 2.19 bits per heavy atom. The van der Waals surface area contributed by atoms with Crippen LogP contribution in [-0.2, 0) is 0 Å². The number of hydrogen-bond donors (Lipinski definition) is 2. The minimum Gasteiger partial charge on any atom is -0.384 e. The van der Waals surface area contributed by atoms with Gasteiger partial charge in [-0.15, -0.1) is 0 Å². The molecule has 0 saturated heterocycles. The summed E-state index contributed by atoms with van der Waals surface area (Å²) in [6, 6.07) is 4.79. The average Bonchev–Trinajstić information content (AvgIpc) is 2.15. The zero-order valence-electron chi connectivity index (χ0n) is 8.11. The van der Waals surface area contributed by atoms with Crippen molar-refractivity contribution >= 4 is 11.8 Å². The number of aromatic nitrogens is 2. The summed E-state index contributed by atoms with van der Waals surface area (Å²) in [4.78, 5) is 7.35. The minimum atomic E-state index is -0.725. The van der Waals surface area contributed by atoms with Crippen molar-refractivity contribution in [3.63, 3.8) is 0 Å². The highest BCUT2D eigenvalue weighted by Crippen LogP contribution is 2.25. The molecule has 0 spiro atoms. The average molecular weight is 222 g/mol. The molecular formula is C10H8F2N4. The maximum absolute atomic E-state index is 13.4. The number of nitrogen functional groups attached to an aromatic ring is 2. The molecule has 2 rings (SSSR count). The van der Waals surface area contributed by atoms with Gasteiger partial charge in [0, 0.05) is 6.07 Å². The fraction of sp³-hybridized carbons (Fsp3) is 0. The van der Waals surface area contributed by atoms with Crippen LogP contribution in [0.4, 0.5) is 20.5 Å². The molecular weight excluding hydrogens is 214 g/mol. The highest BCUT2D eigenvalue weighted by molar-refractivity contribution is 5.64. The van der Waals surface area contributed by atoms with Crippen LogP contribution in [0.25, 0.3) is 11.3 Å². The molecule has 4 nitrogen and oxygen atoms in total. The first kappa shape index (κ1) is 10.3. The number of nitrogens with two attached hydrogens (primary N) is 2. The summed E-state index contributed by atoms with van der Waals surface area (Å²) in [6.45, 7) is 0. The minimum absolute atomic E-state index is 0.0283. The van der Waals surface area contributed by atoms with Crippen molar-refractivity contribution in [1.82, 2.24) is 9.97 Å². The molecule has 0 fully saturated rings. The van der Waals surface area contributed by atoms with Gasteiger partial charge in [0.15, 0.2) is 0 Å². The van der Waals surface area contributed by atoms with Crippen molar-refractivity contribution in [1.29, 1.82) is 0 Å². The molecule has 0 bridgehead atoms. The Morgan fingerprint density at radius 2 is 1.62 bits per heavy atom. The maximum atomic E-state index is 13.4. The van der Waals surface area contributed by atoms with Crippen LogP contribution in [0.1, 0.15) is 0 Å². The standard InChI is InChI=1S/C10H8F2N4/c11-5-2-1-3-6(12)9(5)7-4-8(13)16-10(14)15-7/h1-4H,(H4,13,14,15,16). The normalized spacial score (nSPS) is 10.4. The first-order valence-electron chi connectivity index (χ1n) is 4.42. The van der Waals surface area contributed by atoms with E-state index in [1.165, 1.54) is 12.1 Å². The predicted octanol–water partition coefficient (Wildman–Crippen LogP) is 1.59. The van der Waals surface area contributed by atoms with E-state index in [-0.39, 0.29) is 23.0 Å². The zero-order chi connectivity index (χ0) is 11.7. The van der Waals surface area contributed by atoms with E-state index in [2.05, 4.69) is 9.97 Å². The molecule has 6 heteroatoms. The van der Waals surface area contributed by atoms with Crippen LogP contribution < -0.4 is 11.5 Å². The molecule has 4 N–H and O–H groups in total. The van der Waals surface area contributed by atoms with Gasteiger partial charge in [-0.25, -0.2) is 13.8 Å². The smallest absolute Gasteiger partial charge is 0.222 e. The van der Waals surface area contributed by atoms with E-state index >= 15 is 0 Å². The van der Waals surface area contributed by atoms with E-state index in [9.17, 15) is 8.78 Å². The van der Waals surface area contributed by atoms with Crippen LogP contribution in [0.15, 0.2) is 24.3 Å². The molecule has 0 aliphatic rings. The number of rotatable bonds is 1. The van der Waals surface area contributed by atoms with Gasteiger partial charge in [-0.2, -0.15) is 4.98 Å². The monoisotopic (exact) mass is 222 g/mol. The van der Waals surface area contributed by atoms with Crippen molar-refractivity contribution in [3.8, 4) is 11.3 Å². The maximum Gasteiger partial charge on any atom is 0.222 e. The van der Waals surface area contributed by atoms with E-state index < -0.39 is 11.6 Å². The Morgan fingerprint density at radius 1 is 1.00 bits per heavy atom. The highest BCUT2D eigenvalue weighted by Gasteiger charge is 2.13. The van der Waals surface area contributed by atoms with Gasteiger partial charge in [0.05, 0.1) is 11.3 Å². The molecule has 1 aromatic heterocycles. The van der Waals surface area contributed by atoms with E-state index in [1.54, 1.807) is 0 Å². The quantitative estimate of drug-likeness (QED) is 0.767. The second kappa shape index (κ2) is 3.73. The van der Waals surface area contributed by atoms with Crippen LogP contribution in [0, 0.1) is 11.6 Å². The molecule has 2 aromatic rings. The first-order chi connectivity index (χ1) is 7.58. The Kier molecular flexibility index (Phi) is 2.40. The number of anilines is 2. The van der Waals surface area contributed by atoms with E-state index in [0.29, 0.717) is 0 Å². The van der Waals surface area contributed by atoms with Crippen molar-refractivity contribution in [2.24, 2.45) is 0 Å². The van der Waals surface area contributed by atoms with Crippen molar-refractivity contribution in [2.75, 3.05) is 11.5 Å². The third-order valence-corrected chi connectivity index (χ3v) is 1.98. The van der Waals surface area contributed by atoms with Crippen molar-refractivity contribution in [3.05, 3.63) is 35.9 Å². The first-order valence-corrected chi connectivity index (χ1v) is 4.42. The molecule has 0 unspecified atom stereocenters. The fourth-order valence-electron chi connectivity index (χ4n) is 1.36. The molecule has 0 atom stereocenters. The summed E-state index contributed by atoms with van der Waals surface area (Å²) in [5.41, 5.74) is 10.5. The Hall–Kier alpha value is -2.24. The van der Waals surface area contributed by atoms with Crippen LogP contribution >= 0.6 is 0 Å². The highest BCUT2D eigenvalue weighted by atomic mass is 19.1. The van der Waals surface area contributed by atoms with E-state index in [4.69, 9.17) is 11.5 Å². The van der Waals surface area contributed by atoms with Gasteiger partial charge >= 0.3 is 0 Å². The Labute approximate surface area is 89.9 Å². The van der Waals surface area contributed by atoms with Crippen LogP contribution in [0.5, 0.6) is 0 Å². The SMILES string of the molecule is Nc1cc(-c2c(F)cccc2F)nc(N)n1. The summed E-state index contributed by atoms with van der Waals surface area (Å²) in [7, 11) is 0. The van der Waals surface area contributed by atoms with Gasteiger partial charge in [0.1, 0.15) is 17.5 Å². The lowest BCUT2D eigenvalue weighted by molar-refractivity contribution is 0.588. The number of nitrogens with zero attached hydrogens (tertiary/aromatic N) is 2. The lowest BCUT2D eigenvalue weighted by Gasteiger charge is -2.05. The van der Waals surface area contributed by atoms with Gasteiger partial charge in [-0.05, 0) is 12.1 Å². The molecule has 1 aromatic carbocycles. The van der Waals surface area contributed by atoms with Crippen LogP contribution in [-0.4, -0.2) is 9.97 Å². The Bertz CT molecular complexity index is 502. The lowest BCUT2D eigenvalue weighted by Crippen LogP contribution is -2.02. The third-order valence-electron chi connectivity index (χ3n) is 1.98. The molecule has 82 valence electrons. The molecule has 16 heavy (non-hydrogen) atoms. The number of hydrogen-bond acceptors (Lipinski definition) is 4. The molecule has 0 aliphatic heterocycles. The zero-order valence-corrected chi connectivity index (χ0v) is 8.11. The summed E-state index contributed by atoms with van der Waals surface area (Å²) >= 11 is 0. The van der Waals surface area contributed by atoms with E-state index in [0.717, 1.165) is 12.1 Å². The van der Waals surface area contributed by atoms with Crippen molar-refractivity contribution < 1.29 is 8.78 Å². The fourth-order valence-corrected chi connectivity index (χ4v) is 1.36. The van der Waals surface area contributed by atoms with Gasteiger partial charge < -0.3 is 11.5 Å². The van der Waals surface area contributed by atoms with Crippen molar-refractivity contribution in [2.45, 2.75) is 0 Å². The summed E-state index contributed by atoms with van der Waals surface area (Å²) in [6.07, 6.45) is 0. The van der Waals surface area contributed by atoms with E-state index in [1.807, 2.05) is 0 Å². The second-order valence-corrected chi connectivity index (χ2v) is 3.13. The lowest BCUT2D eigenvalue weighted by atomic mass is 10.1. The van der Waals surface area contributed by atoms with Gasteiger partial charge in [-0.1, -0.05) is 6.07 Å². The molecule has 0 radical (unpaired) electrons. The predicted molar refractivity (Wildman–Crippen MR) is 56.2 cm³/mol. The van der Waals surface area contributed by atoms with Gasteiger partial charge in [-0.3, -0.25) is 0 Å². The topological polar surface area (TPSA) is 77.8 Å². The summed E-state index contributed by atoms with van der Waals surface area (Å²) in [5.74, 6) is -1.52. The molecule has 0 amide bonds. The largest absolute Gasteiger partial charge is 0.384 e. The van der Waals surface area contributed by atoms with Crippen LogP contribution in [0.3, 0.4) is 0 Å². The number of benzene rings is 1. The molecule has 0 saturated carbocycles. The van der Waals surface area contributed by atoms with Crippen LogP contribution in [0.2, 0.25) is 0 Å². The number of halogens is 2. The second-order valence-electron chi connectivity index (χ2n) is 3.13. The van der Waals surface area contributed by atoms with Gasteiger partial charge in [0.25, 0.3) is 0 Å². The Balaban J connectivity index is 2.67. The molecule has 1 heterocycles. The summed E-state index contributed by atoms with van der Waals surface area (Å²) < 4.78 is 26.8.